The molecule has 6 heteroatoms. The third kappa shape index (κ3) is 3.27. The summed E-state index contributed by atoms with van der Waals surface area (Å²) < 4.78 is 5.06. The Morgan fingerprint density at radius 1 is 1.12 bits per heavy atom. The summed E-state index contributed by atoms with van der Waals surface area (Å²) in [6.45, 7) is 0.159. The van der Waals surface area contributed by atoms with Crippen LogP contribution in [-0.4, -0.2) is 36.3 Å². The molecule has 1 heterocycles. The molecule has 0 unspecified atom stereocenters. The molecule has 128 valence electrons. The fourth-order valence-corrected chi connectivity index (χ4v) is 3.56. The molecule has 24 heavy (non-hydrogen) atoms. The maximum Gasteiger partial charge on any atom is 0.233 e. The molecule has 1 saturated carbocycles. The zero-order valence-electron chi connectivity index (χ0n) is 13.8. The van der Waals surface area contributed by atoms with Gasteiger partial charge in [-0.15, -0.1) is 0 Å². The summed E-state index contributed by atoms with van der Waals surface area (Å²) >= 11 is 0. The minimum atomic E-state index is -0.212. The molecule has 0 radical (unpaired) electrons. The molecular weight excluding hydrogens is 308 g/mol. The number of fused-ring (bicyclic) bond motifs is 1. The molecule has 1 aromatic carbocycles. The van der Waals surface area contributed by atoms with E-state index in [0.29, 0.717) is 11.4 Å². The second-order valence-corrected chi connectivity index (χ2v) is 6.35. The number of carbonyl (C=O) groups excluding carboxylic acids is 3. The van der Waals surface area contributed by atoms with Crippen LogP contribution in [0.1, 0.15) is 32.1 Å². The van der Waals surface area contributed by atoms with E-state index in [4.69, 9.17) is 4.74 Å². The van der Waals surface area contributed by atoms with Crippen molar-refractivity contribution in [1.29, 1.82) is 0 Å². The lowest BCUT2D eigenvalue weighted by molar-refractivity contribution is -0.140. The lowest BCUT2D eigenvalue weighted by Crippen LogP contribution is -2.34. The number of nitrogens with zero attached hydrogens (tertiary/aromatic N) is 1. The molecule has 3 rings (SSSR count). The number of likely N-dealkylation sites (tertiary alicyclic amines) is 1. The summed E-state index contributed by atoms with van der Waals surface area (Å²) in [5.74, 6) is -0.00445. The number of imide groups is 1. The van der Waals surface area contributed by atoms with Gasteiger partial charge in [0.25, 0.3) is 0 Å². The Morgan fingerprint density at radius 3 is 2.25 bits per heavy atom. The predicted octanol–water partition coefficient (Wildman–Crippen LogP) is 2.20. The van der Waals surface area contributed by atoms with Crippen LogP contribution >= 0.6 is 0 Å². The van der Waals surface area contributed by atoms with Crippen LogP contribution in [0.4, 0.5) is 5.69 Å². The van der Waals surface area contributed by atoms with E-state index < -0.39 is 0 Å². The molecule has 0 aromatic heterocycles. The Bertz CT molecular complexity index is 617. The van der Waals surface area contributed by atoms with Crippen LogP contribution in [0, 0.1) is 11.8 Å². The lowest BCUT2D eigenvalue weighted by atomic mass is 9.81. The average Bonchev–Trinajstić information content (AvgIpc) is 2.85. The number of ether oxygens (including phenoxy) is 1. The van der Waals surface area contributed by atoms with E-state index in [9.17, 15) is 14.4 Å². The molecular formula is C18H22N2O4. The summed E-state index contributed by atoms with van der Waals surface area (Å²) in [6.07, 6.45) is 3.72. The van der Waals surface area contributed by atoms with E-state index in [1.54, 1.807) is 31.4 Å². The molecule has 1 N–H and O–H groups in total. The van der Waals surface area contributed by atoms with E-state index in [0.717, 1.165) is 25.7 Å². The Hall–Kier alpha value is -2.37. The molecule has 3 amide bonds. The quantitative estimate of drug-likeness (QED) is 0.840. The number of benzene rings is 1. The topological polar surface area (TPSA) is 75.7 Å². The van der Waals surface area contributed by atoms with E-state index in [2.05, 4.69) is 5.32 Å². The number of carbonyl (C=O) groups is 3. The van der Waals surface area contributed by atoms with Gasteiger partial charge < -0.3 is 10.1 Å². The standard InChI is InChI=1S/C18H22N2O4/c1-24-13-8-6-12(7-9-13)19-16(21)10-11-20-17(22)14-4-2-3-5-15(14)18(20)23/h6-9,14-15H,2-5,10-11H2,1H3,(H,19,21)/t14-,15+. The minimum Gasteiger partial charge on any atom is -0.497 e. The maximum atomic E-state index is 12.4. The van der Waals surface area contributed by atoms with Crippen molar-refractivity contribution in [2.75, 3.05) is 19.0 Å². The molecule has 2 fully saturated rings. The van der Waals surface area contributed by atoms with Crippen molar-refractivity contribution in [3.05, 3.63) is 24.3 Å². The Balaban J connectivity index is 1.54. The molecule has 2 atom stereocenters. The summed E-state index contributed by atoms with van der Waals surface area (Å²) in [7, 11) is 1.58. The monoisotopic (exact) mass is 330 g/mol. The van der Waals surface area contributed by atoms with E-state index in [-0.39, 0.29) is 42.5 Å². The van der Waals surface area contributed by atoms with Gasteiger partial charge in [-0.1, -0.05) is 12.8 Å². The molecule has 1 aliphatic heterocycles. The van der Waals surface area contributed by atoms with E-state index in [1.807, 2.05) is 0 Å². The third-order valence-corrected chi connectivity index (χ3v) is 4.87. The fourth-order valence-electron chi connectivity index (χ4n) is 3.56. The maximum absolute atomic E-state index is 12.4. The van der Waals surface area contributed by atoms with Crippen molar-refractivity contribution in [2.45, 2.75) is 32.1 Å². The zero-order valence-corrected chi connectivity index (χ0v) is 13.8. The zero-order chi connectivity index (χ0) is 17.1. The Kier molecular flexibility index (Phi) is 4.83. The van der Waals surface area contributed by atoms with Crippen molar-refractivity contribution < 1.29 is 19.1 Å². The highest BCUT2D eigenvalue weighted by molar-refractivity contribution is 6.05. The molecule has 2 aliphatic rings. The van der Waals surface area contributed by atoms with Gasteiger partial charge in [0, 0.05) is 18.7 Å². The first-order valence-electron chi connectivity index (χ1n) is 8.39. The van der Waals surface area contributed by atoms with Gasteiger partial charge >= 0.3 is 0 Å². The number of hydrogen-bond acceptors (Lipinski definition) is 4. The molecule has 0 spiro atoms. The van der Waals surface area contributed by atoms with Crippen molar-refractivity contribution >= 4 is 23.4 Å². The number of rotatable bonds is 5. The van der Waals surface area contributed by atoms with Gasteiger partial charge in [-0.2, -0.15) is 0 Å². The first kappa shape index (κ1) is 16.5. The predicted molar refractivity (Wildman–Crippen MR) is 88.4 cm³/mol. The molecule has 1 saturated heterocycles. The molecule has 0 bridgehead atoms. The second kappa shape index (κ2) is 7.03. The number of nitrogens with one attached hydrogen (secondary N) is 1. The van der Waals surface area contributed by atoms with Crippen LogP contribution in [-0.2, 0) is 14.4 Å². The highest BCUT2D eigenvalue weighted by atomic mass is 16.5. The van der Waals surface area contributed by atoms with Gasteiger partial charge in [-0.3, -0.25) is 19.3 Å². The van der Waals surface area contributed by atoms with Crippen LogP contribution in [0.5, 0.6) is 5.75 Å². The largest absolute Gasteiger partial charge is 0.497 e. The van der Waals surface area contributed by atoms with Crippen LogP contribution < -0.4 is 10.1 Å². The van der Waals surface area contributed by atoms with Crippen LogP contribution in [0.2, 0.25) is 0 Å². The van der Waals surface area contributed by atoms with Gasteiger partial charge in [0.05, 0.1) is 18.9 Å². The van der Waals surface area contributed by atoms with Crippen LogP contribution in [0.15, 0.2) is 24.3 Å². The smallest absolute Gasteiger partial charge is 0.233 e. The summed E-state index contributed by atoms with van der Waals surface area (Å²) in [6, 6.07) is 7.01. The van der Waals surface area contributed by atoms with Crippen LogP contribution in [0.3, 0.4) is 0 Å². The van der Waals surface area contributed by atoms with Crippen LogP contribution in [0.25, 0.3) is 0 Å². The summed E-state index contributed by atoms with van der Waals surface area (Å²) in [4.78, 5) is 38.0. The second-order valence-electron chi connectivity index (χ2n) is 6.35. The average molecular weight is 330 g/mol. The van der Waals surface area contributed by atoms with E-state index >= 15 is 0 Å². The SMILES string of the molecule is COc1ccc(NC(=O)CCN2C(=O)[C@H]3CCCC[C@H]3C2=O)cc1. The highest BCUT2D eigenvalue weighted by Gasteiger charge is 2.47. The summed E-state index contributed by atoms with van der Waals surface area (Å²) in [5, 5.41) is 2.77. The first-order valence-corrected chi connectivity index (χ1v) is 8.39. The number of anilines is 1. The summed E-state index contributed by atoms with van der Waals surface area (Å²) in [5.41, 5.74) is 0.661. The fraction of sp³-hybridized carbons (Fsp3) is 0.500. The lowest BCUT2D eigenvalue weighted by Gasteiger charge is -2.19. The van der Waals surface area contributed by atoms with Crippen molar-refractivity contribution in [2.24, 2.45) is 11.8 Å². The van der Waals surface area contributed by atoms with Gasteiger partial charge in [0.15, 0.2) is 0 Å². The molecule has 1 aliphatic carbocycles. The van der Waals surface area contributed by atoms with Gasteiger partial charge in [-0.25, -0.2) is 0 Å². The number of amides is 3. The van der Waals surface area contributed by atoms with Crippen molar-refractivity contribution in [1.82, 2.24) is 4.90 Å². The number of hydrogen-bond donors (Lipinski definition) is 1. The minimum absolute atomic E-state index is 0.0954. The van der Waals surface area contributed by atoms with Gasteiger partial charge in [-0.05, 0) is 37.1 Å². The Labute approximate surface area is 141 Å². The van der Waals surface area contributed by atoms with Crippen molar-refractivity contribution in [3.8, 4) is 5.75 Å². The molecule has 6 nitrogen and oxygen atoms in total. The first-order chi connectivity index (χ1) is 11.6. The van der Waals surface area contributed by atoms with E-state index in [1.165, 1.54) is 4.90 Å². The number of methoxy groups -OCH3 is 1. The molecule has 1 aromatic rings. The highest BCUT2D eigenvalue weighted by Crippen LogP contribution is 2.37. The third-order valence-electron chi connectivity index (χ3n) is 4.87. The Morgan fingerprint density at radius 2 is 1.71 bits per heavy atom. The normalized spacial score (nSPS) is 23.1. The van der Waals surface area contributed by atoms with Crippen molar-refractivity contribution in [3.63, 3.8) is 0 Å². The van der Waals surface area contributed by atoms with Gasteiger partial charge in [0.2, 0.25) is 17.7 Å². The van der Waals surface area contributed by atoms with Gasteiger partial charge in [0.1, 0.15) is 5.75 Å².